The molecule has 0 saturated heterocycles. The van der Waals surface area contributed by atoms with Crippen LogP contribution in [0.4, 0.5) is 0 Å². The van der Waals surface area contributed by atoms with Crippen LogP contribution in [0.2, 0.25) is 0 Å². The number of hydrogen-bond acceptors (Lipinski definition) is 4. The SMILES string of the molecule is CC(COC(=O)C=Cc1ccccc1)OC(=O)c1ccccc1. The molecule has 2 aromatic carbocycles. The highest BCUT2D eigenvalue weighted by Gasteiger charge is 2.12. The van der Waals surface area contributed by atoms with Crippen molar-refractivity contribution in [2.24, 2.45) is 0 Å². The van der Waals surface area contributed by atoms with E-state index in [0.29, 0.717) is 5.56 Å². The molecular weight excluding hydrogens is 292 g/mol. The summed E-state index contributed by atoms with van der Waals surface area (Å²) in [4.78, 5) is 23.5. The first-order chi connectivity index (χ1) is 11.1. The lowest BCUT2D eigenvalue weighted by Crippen LogP contribution is -2.21. The second kappa shape index (κ2) is 8.54. The summed E-state index contributed by atoms with van der Waals surface area (Å²) in [7, 11) is 0. The number of hydrogen-bond donors (Lipinski definition) is 0. The first-order valence-electron chi connectivity index (χ1n) is 7.31. The molecule has 2 rings (SSSR count). The van der Waals surface area contributed by atoms with Crippen molar-refractivity contribution in [2.45, 2.75) is 13.0 Å². The molecule has 118 valence electrons. The minimum atomic E-state index is -0.517. The normalized spacial score (nSPS) is 11.9. The number of rotatable bonds is 6. The second-order valence-corrected chi connectivity index (χ2v) is 4.96. The first-order valence-corrected chi connectivity index (χ1v) is 7.31. The fourth-order valence-corrected chi connectivity index (χ4v) is 1.84. The van der Waals surface area contributed by atoms with E-state index < -0.39 is 18.0 Å². The van der Waals surface area contributed by atoms with Gasteiger partial charge in [-0.15, -0.1) is 0 Å². The van der Waals surface area contributed by atoms with Gasteiger partial charge in [0.25, 0.3) is 0 Å². The van der Waals surface area contributed by atoms with Crippen molar-refractivity contribution in [3.63, 3.8) is 0 Å². The maximum atomic E-state index is 11.8. The van der Waals surface area contributed by atoms with E-state index in [0.717, 1.165) is 5.56 Å². The Bertz CT molecular complexity index is 662. The number of carbonyl (C=O) groups is 2. The van der Waals surface area contributed by atoms with E-state index in [1.165, 1.54) is 6.08 Å². The Hall–Kier alpha value is -2.88. The van der Waals surface area contributed by atoms with E-state index in [1.807, 2.05) is 36.4 Å². The van der Waals surface area contributed by atoms with E-state index in [1.54, 1.807) is 37.3 Å². The topological polar surface area (TPSA) is 52.6 Å². The Balaban J connectivity index is 1.75. The summed E-state index contributed by atoms with van der Waals surface area (Å²) in [6, 6.07) is 18.1. The quantitative estimate of drug-likeness (QED) is 0.605. The molecular formula is C19H18O4. The van der Waals surface area contributed by atoms with Gasteiger partial charge in [-0.2, -0.15) is 0 Å². The average molecular weight is 310 g/mol. The average Bonchev–Trinajstić information content (AvgIpc) is 2.60. The number of carbonyl (C=O) groups excluding carboxylic acids is 2. The maximum Gasteiger partial charge on any atom is 0.338 e. The molecule has 0 heterocycles. The fourth-order valence-electron chi connectivity index (χ4n) is 1.84. The zero-order chi connectivity index (χ0) is 16.5. The molecule has 0 N–H and O–H groups in total. The molecule has 4 heteroatoms. The highest BCUT2D eigenvalue weighted by Crippen LogP contribution is 2.05. The van der Waals surface area contributed by atoms with Crippen molar-refractivity contribution in [3.8, 4) is 0 Å². The molecule has 0 aliphatic carbocycles. The van der Waals surface area contributed by atoms with Gasteiger partial charge in [-0.3, -0.25) is 0 Å². The van der Waals surface area contributed by atoms with Gasteiger partial charge < -0.3 is 9.47 Å². The predicted octanol–water partition coefficient (Wildman–Crippen LogP) is 3.49. The summed E-state index contributed by atoms with van der Waals surface area (Å²) in [6.07, 6.45) is 2.50. The zero-order valence-electron chi connectivity index (χ0n) is 12.8. The lowest BCUT2D eigenvalue weighted by Gasteiger charge is -2.12. The Kier molecular flexibility index (Phi) is 6.12. The van der Waals surface area contributed by atoms with Crippen LogP contribution in [0.15, 0.2) is 66.7 Å². The van der Waals surface area contributed by atoms with Crippen molar-refractivity contribution in [3.05, 3.63) is 77.9 Å². The van der Waals surface area contributed by atoms with Crippen LogP contribution in [-0.2, 0) is 14.3 Å². The minimum Gasteiger partial charge on any atom is -0.459 e. The van der Waals surface area contributed by atoms with E-state index >= 15 is 0 Å². The van der Waals surface area contributed by atoms with Crippen molar-refractivity contribution in [1.29, 1.82) is 0 Å². The molecule has 0 saturated carbocycles. The zero-order valence-corrected chi connectivity index (χ0v) is 12.8. The summed E-state index contributed by atoms with van der Waals surface area (Å²) in [6.45, 7) is 1.69. The predicted molar refractivity (Wildman–Crippen MR) is 87.8 cm³/mol. The monoisotopic (exact) mass is 310 g/mol. The summed E-state index contributed by atoms with van der Waals surface area (Å²) in [5.41, 5.74) is 1.38. The molecule has 0 spiro atoms. The number of esters is 2. The smallest absolute Gasteiger partial charge is 0.338 e. The third-order valence-corrected chi connectivity index (χ3v) is 2.99. The van der Waals surface area contributed by atoms with E-state index in [-0.39, 0.29) is 6.61 Å². The standard InChI is InChI=1S/C19H18O4/c1-15(23-19(21)17-10-6-3-7-11-17)14-22-18(20)13-12-16-8-4-2-5-9-16/h2-13,15H,14H2,1H3. The second-order valence-electron chi connectivity index (χ2n) is 4.96. The third kappa shape index (κ3) is 5.79. The van der Waals surface area contributed by atoms with Crippen LogP contribution in [0.3, 0.4) is 0 Å². The van der Waals surface area contributed by atoms with Crippen molar-refractivity contribution in [2.75, 3.05) is 6.61 Å². The molecule has 0 aromatic heterocycles. The highest BCUT2D eigenvalue weighted by atomic mass is 16.6. The summed E-state index contributed by atoms with van der Waals surface area (Å²) < 4.78 is 10.3. The summed E-state index contributed by atoms with van der Waals surface area (Å²) in [5.74, 6) is -0.912. The fraction of sp³-hybridized carbons (Fsp3) is 0.158. The van der Waals surface area contributed by atoms with Crippen LogP contribution in [0.25, 0.3) is 6.08 Å². The van der Waals surface area contributed by atoms with Crippen LogP contribution in [0.1, 0.15) is 22.8 Å². The maximum absolute atomic E-state index is 11.8. The van der Waals surface area contributed by atoms with E-state index in [9.17, 15) is 9.59 Å². The lowest BCUT2D eigenvalue weighted by atomic mass is 10.2. The van der Waals surface area contributed by atoms with E-state index in [2.05, 4.69) is 0 Å². The van der Waals surface area contributed by atoms with Gasteiger partial charge in [0.05, 0.1) is 5.56 Å². The molecule has 4 nitrogen and oxygen atoms in total. The summed E-state index contributed by atoms with van der Waals surface area (Å²) in [5, 5.41) is 0. The molecule has 0 fully saturated rings. The molecule has 0 radical (unpaired) electrons. The molecule has 1 unspecified atom stereocenters. The van der Waals surface area contributed by atoms with Crippen LogP contribution >= 0.6 is 0 Å². The van der Waals surface area contributed by atoms with Crippen molar-refractivity contribution >= 4 is 18.0 Å². The molecule has 0 amide bonds. The van der Waals surface area contributed by atoms with Gasteiger partial charge in [-0.1, -0.05) is 48.5 Å². The molecule has 23 heavy (non-hydrogen) atoms. The Morgan fingerprint density at radius 1 is 1.00 bits per heavy atom. The van der Waals surface area contributed by atoms with Gasteiger partial charge in [0.15, 0.2) is 0 Å². The van der Waals surface area contributed by atoms with Crippen LogP contribution in [-0.4, -0.2) is 24.6 Å². The lowest BCUT2D eigenvalue weighted by molar-refractivity contribution is -0.140. The van der Waals surface area contributed by atoms with Gasteiger partial charge in [-0.05, 0) is 30.7 Å². The molecule has 0 aliphatic heterocycles. The van der Waals surface area contributed by atoms with Crippen molar-refractivity contribution < 1.29 is 19.1 Å². The van der Waals surface area contributed by atoms with Crippen LogP contribution < -0.4 is 0 Å². The minimum absolute atomic E-state index is 0.0105. The van der Waals surface area contributed by atoms with Crippen molar-refractivity contribution in [1.82, 2.24) is 0 Å². The third-order valence-electron chi connectivity index (χ3n) is 2.99. The van der Waals surface area contributed by atoms with E-state index in [4.69, 9.17) is 9.47 Å². The van der Waals surface area contributed by atoms with Gasteiger partial charge in [0.1, 0.15) is 12.7 Å². The molecule has 0 bridgehead atoms. The largest absolute Gasteiger partial charge is 0.459 e. The molecule has 0 aliphatic rings. The molecule has 2 aromatic rings. The number of ether oxygens (including phenoxy) is 2. The van der Waals surface area contributed by atoms with Crippen LogP contribution in [0.5, 0.6) is 0 Å². The highest BCUT2D eigenvalue weighted by molar-refractivity contribution is 5.89. The molecule has 1 atom stereocenters. The first kappa shape index (κ1) is 16.5. The van der Waals surface area contributed by atoms with Gasteiger partial charge in [-0.25, -0.2) is 9.59 Å². The summed E-state index contributed by atoms with van der Waals surface area (Å²) >= 11 is 0. The Labute approximate surface area is 135 Å². The van der Waals surface area contributed by atoms with Gasteiger partial charge >= 0.3 is 11.9 Å². The Morgan fingerprint density at radius 3 is 2.26 bits per heavy atom. The number of benzene rings is 2. The van der Waals surface area contributed by atoms with Gasteiger partial charge in [0, 0.05) is 6.08 Å². The van der Waals surface area contributed by atoms with Crippen LogP contribution in [0, 0.1) is 0 Å². The Morgan fingerprint density at radius 2 is 1.61 bits per heavy atom. The van der Waals surface area contributed by atoms with Gasteiger partial charge in [0.2, 0.25) is 0 Å².